The number of carbonyl (C=O) groups is 1. The molecule has 0 amide bonds. The van der Waals surface area contributed by atoms with Gasteiger partial charge in [0.2, 0.25) is 0 Å². The highest BCUT2D eigenvalue weighted by Crippen LogP contribution is 2.35. The summed E-state index contributed by atoms with van der Waals surface area (Å²) in [5.74, 6) is -1.48. The molecule has 1 rings (SSSR count). The second kappa shape index (κ2) is 12.3. The fourth-order valence-electron chi connectivity index (χ4n) is 3.27. The Hall–Kier alpha value is -2.23. The molecule has 0 unspecified atom stereocenters. The normalized spacial score (nSPS) is 11.5. The predicted octanol–water partition coefficient (Wildman–Crippen LogP) is 6.54. The largest absolute Gasteiger partial charge is 0.508 e. The Kier molecular flexibility index (Phi) is 10.4. The van der Waals surface area contributed by atoms with Crippen LogP contribution >= 0.6 is 0 Å². The molecule has 0 aliphatic heterocycles. The first-order chi connectivity index (χ1) is 13.3. The quantitative estimate of drug-likeness (QED) is 0.280. The molecule has 1 aromatic carbocycles. The Morgan fingerprint density at radius 1 is 1.04 bits per heavy atom. The van der Waals surface area contributed by atoms with E-state index in [1.165, 1.54) is 18.1 Å². The molecule has 28 heavy (non-hydrogen) atoms. The summed E-state index contributed by atoms with van der Waals surface area (Å²) in [6.07, 6.45) is 12.1. The number of carboxylic acid groups (broad SMARTS) is 1. The first kappa shape index (κ1) is 23.8. The van der Waals surface area contributed by atoms with Gasteiger partial charge in [-0.3, -0.25) is 0 Å². The van der Waals surface area contributed by atoms with Gasteiger partial charge in [0, 0.05) is 5.56 Å². The Bertz CT molecular complexity index is 710. The van der Waals surface area contributed by atoms with E-state index in [2.05, 4.69) is 26.8 Å². The number of aryl methyl sites for hydroxylation is 1. The Morgan fingerprint density at radius 3 is 2.32 bits per heavy atom. The number of hydrogen-bond acceptors (Lipinski definition) is 3. The lowest BCUT2D eigenvalue weighted by Gasteiger charge is -2.14. The van der Waals surface area contributed by atoms with E-state index >= 15 is 0 Å². The van der Waals surface area contributed by atoms with E-state index in [4.69, 9.17) is 0 Å². The van der Waals surface area contributed by atoms with Gasteiger partial charge in [-0.1, -0.05) is 55.9 Å². The zero-order chi connectivity index (χ0) is 21.1. The topological polar surface area (TPSA) is 77.8 Å². The molecule has 0 aromatic heterocycles. The highest BCUT2D eigenvalue weighted by atomic mass is 16.4. The second-order valence-corrected chi connectivity index (χ2v) is 7.80. The van der Waals surface area contributed by atoms with Crippen molar-refractivity contribution in [2.45, 2.75) is 85.5 Å². The number of phenolic OH excluding ortho intramolecular Hbond substituents is 1. The molecule has 0 saturated carbocycles. The maximum atomic E-state index is 11.7. The van der Waals surface area contributed by atoms with Gasteiger partial charge in [-0.25, -0.2) is 4.79 Å². The van der Waals surface area contributed by atoms with Crippen LogP contribution in [0.1, 0.15) is 94.1 Å². The van der Waals surface area contributed by atoms with Gasteiger partial charge in [-0.05, 0) is 64.5 Å². The van der Waals surface area contributed by atoms with Crippen molar-refractivity contribution in [2.75, 3.05) is 0 Å². The number of rotatable bonds is 12. The number of aromatic carboxylic acids is 1. The summed E-state index contributed by atoms with van der Waals surface area (Å²) in [7, 11) is 0. The number of unbranched alkanes of at least 4 members (excludes halogenated alkanes) is 4. The number of hydrogen-bond donors (Lipinski definition) is 3. The summed E-state index contributed by atoms with van der Waals surface area (Å²) in [4.78, 5) is 11.7. The van der Waals surface area contributed by atoms with Crippen molar-refractivity contribution in [1.82, 2.24) is 0 Å². The molecule has 0 aliphatic carbocycles. The minimum absolute atomic E-state index is 0.0283. The predicted molar refractivity (Wildman–Crippen MR) is 115 cm³/mol. The molecule has 0 saturated heterocycles. The Balaban J connectivity index is 2.94. The summed E-state index contributed by atoms with van der Waals surface area (Å²) in [5.41, 5.74) is 3.15. The monoisotopic (exact) mass is 388 g/mol. The van der Waals surface area contributed by atoms with Crippen LogP contribution in [0.25, 0.3) is 0 Å². The lowest BCUT2D eigenvalue weighted by Crippen LogP contribution is -2.05. The standard InChI is InChI=1S/C24H36O4/c1-5-6-7-8-9-13-19-16-21(25)20(23(26)22(19)24(27)28)15-14-18(4)12-10-11-17(2)3/h11,14,16,25-26H,5-10,12-13,15H2,1-4H3,(H,27,28)/b18-14+. The summed E-state index contributed by atoms with van der Waals surface area (Å²) < 4.78 is 0. The van der Waals surface area contributed by atoms with Crippen molar-refractivity contribution in [3.63, 3.8) is 0 Å². The second-order valence-electron chi connectivity index (χ2n) is 7.80. The van der Waals surface area contributed by atoms with Crippen LogP contribution in [-0.4, -0.2) is 21.3 Å². The minimum atomic E-state index is -1.15. The van der Waals surface area contributed by atoms with E-state index in [1.54, 1.807) is 0 Å². The van der Waals surface area contributed by atoms with E-state index in [1.807, 2.05) is 13.0 Å². The number of phenols is 2. The lowest BCUT2D eigenvalue weighted by atomic mass is 9.94. The van der Waals surface area contributed by atoms with E-state index in [-0.39, 0.29) is 22.6 Å². The number of benzene rings is 1. The van der Waals surface area contributed by atoms with Crippen LogP contribution in [0.3, 0.4) is 0 Å². The fourth-order valence-corrected chi connectivity index (χ4v) is 3.27. The summed E-state index contributed by atoms with van der Waals surface area (Å²) >= 11 is 0. The molecule has 0 atom stereocenters. The molecule has 4 nitrogen and oxygen atoms in total. The van der Waals surface area contributed by atoms with Gasteiger partial charge < -0.3 is 15.3 Å². The van der Waals surface area contributed by atoms with E-state index in [9.17, 15) is 20.1 Å². The third kappa shape index (κ3) is 7.79. The Labute approximate surface area is 169 Å². The molecule has 0 radical (unpaired) electrons. The first-order valence-electron chi connectivity index (χ1n) is 10.4. The van der Waals surface area contributed by atoms with Crippen molar-refractivity contribution >= 4 is 5.97 Å². The van der Waals surface area contributed by atoms with Gasteiger partial charge in [-0.2, -0.15) is 0 Å². The molecule has 1 aromatic rings. The first-order valence-corrected chi connectivity index (χ1v) is 10.4. The summed E-state index contributed by atoms with van der Waals surface area (Å²) in [5, 5.41) is 30.5. The third-order valence-electron chi connectivity index (χ3n) is 4.97. The van der Waals surface area contributed by atoms with Crippen LogP contribution in [0.5, 0.6) is 11.5 Å². The van der Waals surface area contributed by atoms with E-state index in [0.29, 0.717) is 18.4 Å². The molecule has 4 heteroatoms. The average molecular weight is 389 g/mol. The Morgan fingerprint density at radius 2 is 1.71 bits per heavy atom. The van der Waals surface area contributed by atoms with E-state index in [0.717, 1.165) is 44.1 Å². The number of aromatic hydroxyl groups is 2. The zero-order valence-electron chi connectivity index (χ0n) is 17.8. The lowest BCUT2D eigenvalue weighted by molar-refractivity contribution is 0.0692. The van der Waals surface area contributed by atoms with Crippen LogP contribution in [0.2, 0.25) is 0 Å². The van der Waals surface area contributed by atoms with Crippen LogP contribution in [0.4, 0.5) is 0 Å². The number of allylic oxidation sites excluding steroid dienone is 4. The molecule has 0 spiro atoms. The van der Waals surface area contributed by atoms with Gasteiger partial charge in [0.05, 0.1) is 0 Å². The van der Waals surface area contributed by atoms with Crippen LogP contribution < -0.4 is 0 Å². The maximum absolute atomic E-state index is 11.7. The minimum Gasteiger partial charge on any atom is -0.508 e. The van der Waals surface area contributed by atoms with Crippen LogP contribution in [0.15, 0.2) is 29.4 Å². The molecule has 156 valence electrons. The summed E-state index contributed by atoms with van der Waals surface area (Å²) in [6.45, 7) is 8.28. The molecule has 0 aliphatic rings. The molecule has 0 bridgehead atoms. The smallest absolute Gasteiger partial charge is 0.339 e. The average Bonchev–Trinajstić information content (AvgIpc) is 2.60. The van der Waals surface area contributed by atoms with Crippen molar-refractivity contribution in [2.24, 2.45) is 0 Å². The van der Waals surface area contributed by atoms with Gasteiger partial charge in [-0.15, -0.1) is 0 Å². The highest BCUT2D eigenvalue weighted by Gasteiger charge is 2.21. The molecule has 3 N–H and O–H groups in total. The zero-order valence-corrected chi connectivity index (χ0v) is 17.8. The molecular formula is C24H36O4. The van der Waals surface area contributed by atoms with Crippen molar-refractivity contribution in [1.29, 1.82) is 0 Å². The molecular weight excluding hydrogens is 352 g/mol. The van der Waals surface area contributed by atoms with Gasteiger partial charge in [0.15, 0.2) is 0 Å². The highest BCUT2D eigenvalue weighted by molar-refractivity contribution is 5.93. The van der Waals surface area contributed by atoms with Crippen LogP contribution in [0, 0.1) is 0 Å². The third-order valence-corrected chi connectivity index (χ3v) is 4.97. The van der Waals surface area contributed by atoms with Gasteiger partial charge in [0.25, 0.3) is 0 Å². The SMILES string of the molecule is CCCCCCCc1cc(O)c(C/C=C(\C)CCC=C(C)C)c(O)c1C(=O)O. The van der Waals surface area contributed by atoms with Crippen molar-refractivity contribution < 1.29 is 20.1 Å². The van der Waals surface area contributed by atoms with Crippen molar-refractivity contribution in [3.05, 3.63) is 46.1 Å². The summed E-state index contributed by atoms with van der Waals surface area (Å²) in [6, 6.07) is 1.52. The maximum Gasteiger partial charge on any atom is 0.339 e. The van der Waals surface area contributed by atoms with Gasteiger partial charge in [0.1, 0.15) is 17.1 Å². The number of carboxylic acids is 1. The fraction of sp³-hybridized carbons (Fsp3) is 0.542. The van der Waals surface area contributed by atoms with Crippen molar-refractivity contribution in [3.8, 4) is 11.5 Å². The molecule has 0 heterocycles. The van der Waals surface area contributed by atoms with Gasteiger partial charge >= 0.3 is 5.97 Å². The molecule has 0 fully saturated rings. The van der Waals surface area contributed by atoms with E-state index < -0.39 is 5.97 Å². The van der Waals surface area contributed by atoms with Crippen LogP contribution in [-0.2, 0) is 12.8 Å².